The van der Waals surface area contributed by atoms with Crippen LogP contribution in [0.5, 0.6) is 10.4 Å². The van der Waals surface area contributed by atoms with E-state index >= 15 is 0 Å². The predicted octanol–water partition coefficient (Wildman–Crippen LogP) is 4.18. The predicted molar refractivity (Wildman–Crippen MR) is 138 cm³/mol. The summed E-state index contributed by atoms with van der Waals surface area (Å²) >= 11 is 5.77. The number of hydrogen-bond donors (Lipinski definition) is 3. The van der Waals surface area contributed by atoms with Crippen LogP contribution in [0.25, 0.3) is 10.4 Å². The zero-order chi connectivity index (χ0) is 26.7. The third-order valence-corrected chi connectivity index (χ3v) is 6.23. The van der Waals surface area contributed by atoms with Crippen LogP contribution in [-0.4, -0.2) is 45.8 Å². The van der Waals surface area contributed by atoms with Crippen LogP contribution in [0, 0.1) is 10.1 Å². The molecule has 0 saturated carbocycles. The van der Waals surface area contributed by atoms with Crippen LogP contribution in [0.2, 0.25) is 0 Å². The largest absolute Gasteiger partial charge is 0.488 e. The number of nitrogens with two attached hydrogens (primary N) is 1. The van der Waals surface area contributed by atoms with Crippen LogP contribution >= 0.6 is 38.6 Å². The maximum Gasteiger partial charge on any atom is 0.488 e. The van der Waals surface area contributed by atoms with Crippen LogP contribution in [-0.2, 0) is 0 Å². The minimum Gasteiger partial charge on any atom is -0.473 e. The number of nitrogen functional groups attached to an aromatic ring is 1. The van der Waals surface area contributed by atoms with Crippen molar-refractivity contribution >= 4 is 62.6 Å². The van der Waals surface area contributed by atoms with Crippen LogP contribution in [0.3, 0.4) is 0 Å². The highest BCUT2D eigenvalue weighted by Crippen LogP contribution is 2.31. The van der Waals surface area contributed by atoms with E-state index in [0.717, 1.165) is 31.6 Å². The fraction of sp³-hybridized carbons (Fsp3) is 0.100. The quantitative estimate of drug-likeness (QED) is 0.128. The molecular formula is C20H18BBrF2N4O6S2. The number of non-ortho nitro benzene ring substituents is 1. The Morgan fingerprint density at radius 2 is 1.81 bits per heavy atom. The SMILES string of the molecule is COc1ncc(Br)s1.Nc1cccc(-c2cnc(OC(F)F)s2)c1.O=[N+]([O-])c1cccc(B(O)O)c1. The number of methoxy groups -OCH3 is 1. The van der Waals surface area contributed by atoms with Crippen molar-refractivity contribution in [2.24, 2.45) is 0 Å². The van der Waals surface area contributed by atoms with Crippen molar-refractivity contribution in [2.45, 2.75) is 6.61 Å². The highest BCUT2D eigenvalue weighted by molar-refractivity contribution is 9.11. The molecule has 0 aliphatic rings. The lowest BCUT2D eigenvalue weighted by Gasteiger charge is -1.98. The first-order valence-corrected chi connectivity index (χ1v) is 12.0. The zero-order valence-corrected chi connectivity index (χ0v) is 21.5. The average Bonchev–Trinajstić information content (AvgIpc) is 3.48. The van der Waals surface area contributed by atoms with Gasteiger partial charge in [-0.3, -0.25) is 10.1 Å². The molecule has 0 radical (unpaired) electrons. The first-order chi connectivity index (χ1) is 17.1. The van der Waals surface area contributed by atoms with E-state index in [0.29, 0.717) is 10.9 Å². The molecule has 0 spiro atoms. The van der Waals surface area contributed by atoms with Crippen LogP contribution < -0.4 is 20.7 Å². The summed E-state index contributed by atoms with van der Waals surface area (Å²) in [5, 5.41) is 28.2. The van der Waals surface area contributed by atoms with E-state index in [1.165, 1.54) is 35.7 Å². The summed E-state index contributed by atoms with van der Waals surface area (Å²) in [6.45, 7) is -2.85. The van der Waals surface area contributed by atoms with E-state index in [9.17, 15) is 18.9 Å². The number of anilines is 1. The number of ether oxygens (including phenoxy) is 2. The molecule has 0 aliphatic heterocycles. The Kier molecular flexibility index (Phi) is 11.6. The molecule has 0 bridgehead atoms. The van der Waals surface area contributed by atoms with Gasteiger partial charge in [0.15, 0.2) is 0 Å². The maximum absolute atomic E-state index is 11.9. The Morgan fingerprint density at radius 3 is 2.33 bits per heavy atom. The lowest BCUT2D eigenvalue weighted by Crippen LogP contribution is -2.29. The number of nitrogens with zero attached hydrogens (tertiary/aromatic N) is 3. The second-order valence-electron chi connectivity index (χ2n) is 6.35. The molecule has 2 heterocycles. The van der Waals surface area contributed by atoms with Crippen molar-refractivity contribution in [3.05, 3.63) is 74.8 Å². The fourth-order valence-corrected chi connectivity index (χ4v) is 4.09. The van der Waals surface area contributed by atoms with Gasteiger partial charge in [0, 0.05) is 24.0 Å². The van der Waals surface area contributed by atoms with E-state index < -0.39 is 18.7 Å². The molecule has 2 aromatic heterocycles. The molecule has 2 aromatic carbocycles. The third kappa shape index (κ3) is 9.83. The van der Waals surface area contributed by atoms with Gasteiger partial charge >= 0.3 is 13.7 Å². The van der Waals surface area contributed by atoms with Crippen molar-refractivity contribution in [3.8, 4) is 20.8 Å². The molecule has 0 atom stereocenters. The highest BCUT2D eigenvalue weighted by Gasteiger charge is 2.14. The Morgan fingerprint density at radius 1 is 1.11 bits per heavy atom. The van der Waals surface area contributed by atoms with E-state index in [2.05, 4.69) is 30.6 Å². The summed E-state index contributed by atoms with van der Waals surface area (Å²) < 4.78 is 33.8. The Labute approximate surface area is 220 Å². The monoisotopic (exact) mass is 602 g/mol. The van der Waals surface area contributed by atoms with Gasteiger partial charge in [-0.1, -0.05) is 46.9 Å². The highest BCUT2D eigenvalue weighted by atomic mass is 79.9. The molecular weight excluding hydrogens is 585 g/mol. The molecule has 16 heteroatoms. The number of nitro benzene ring substituents is 1. The van der Waals surface area contributed by atoms with Gasteiger partial charge in [-0.25, -0.2) is 9.97 Å². The van der Waals surface area contributed by atoms with Crippen molar-refractivity contribution < 1.29 is 33.2 Å². The zero-order valence-electron chi connectivity index (χ0n) is 18.3. The van der Waals surface area contributed by atoms with Gasteiger partial charge < -0.3 is 25.3 Å². The van der Waals surface area contributed by atoms with Gasteiger partial charge in [-0.05, 0) is 39.1 Å². The summed E-state index contributed by atoms with van der Waals surface area (Å²) in [4.78, 5) is 18.0. The standard InChI is InChI=1S/C10H8F2N2OS.C6H6BNO4.C4H4BrNOS/c11-9(12)15-10-14-5-8(16-10)6-2-1-3-7(13)4-6;9-7(10)5-2-1-3-6(4-5)8(11)12;1-7-4-6-2-3(5)8-4/h1-5,9H,13H2;1-4,9-10H;2H,1H3. The number of hydrogen-bond acceptors (Lipinski definition) is 11. The molecule has 4 rings (SSSR count). The van der Waals surface area contributed by atoms with E-state index in [-0.39, 0.29) is 16.3 Å². The number of rotatable bonds is 6. The molecule has 4 aromatic rings. The molecule has 4 N–H and O–H groups in total. The smallest absolute Gasteiger partial charge is 0.473 e. The number of halogens is 3. The Bertz CT molecular complexity index is 1260. The van der Waals surface area contributed by atoms with Crippen molar-refractivity contribution in [1.29, 1.82) is 0 Å². The van der Waals surface area contributed by atoms with Gasteiger partial charge in [-0.15, -0.1) is 0 Å². The first-order valence-electron chi connectivity index (χ1n) is 9.61. The summed E-state index contributed by atoms with van der Waals surface area (Å²) in [6.07, 6.45) is 3.20. The summed E-state index contributed by atoms with van der Waals surface area (Å²) in [5.74, 6) is 0. The molecule has 0 saturated heterocycles. The minimum atomic E-state index is -2.85. The molecule has 10 nitrogen and oxygen atoms in total. The first kappa shape index (κ1) is 29.1. The number of aromatic nitrogens is 2. The molecule has 36 heavy (non-hydrogen) atoms. The molecule has 0 unspecified atom stereocenters. The molecule has 0 aliphatic carbocycles. The van der Waals surface area contributed by atoms with Gasteiger partial charge in [0.1, 0.15) is 0 Å². The van der Waals surface area contributed by atoms with Crippen molar-refractivity contribution in [1.82, 2.24) is 9.97 Å². The summed E-state index contributed by atoms with van der Waals surface area (Å²) in [5.41, 5.74) is 7.03. The summed E-state index contributed by atoms with van der Waals surface area (Å²) in [6, 6.07) is 12.3. The third-order valence-electron chi connectivity index (χ3n) is 3.86. The second kappa shape index (κ2) is 14.4. The lowest BCUT2D eigenvalue weighted by atomic mass is 9.80. The van der Waals surface area contributed by atoms with Crippen LogP contribution in [0.15, 0.2) is 64.7 Å². The van der Waals surface area contributed by atoms with Crippen molar-refractivity contribution in [2.75, 3.05) is 12.8 Å². The average molecular weight is 603 g/mol. The number of benzene rings is 2. The van der Waals surface area contributed by atoms with Gasteiger partial charge in [0.05, 0.1) is 26.9 Å². The number of nitro groups is 1. The van der Waals surface area contributed by atoms with Crippen LogP contribution in [0.4, 0.5) is 20.2 Å². The van der Waals surface area contributed by atoms with Crippen LogP contribution in [0.1, 0.15) is 0 Å². The summed E-state index contributed by atoms with van der Waals surface area (Å²) in [7, 11) is -0.0597. The molecule has 0 fully saturated rings. The second-order valence-corrected chi connectivity index (χ2v) is 9.72. The maximum atomic E-state index is 11.9. The Hall–Kier alpha value is -3.18. The molecule has 190 valence electrons. The normalized spacial score (nSPS) is 9.97. The number of thiazole rings is 2. The van der Waals surface area contributed by atoms with Gasteiger partial charge in [0.25, 0.3) is 16.1 Å². The topological polar surface area (TPSA) is 154 Å². The number of alkyl halides is 2. The Balaban J connectivity index is 0.000000202. The lowest BCUT2D eigenvalue weighted by molar-refractivity contribution is -0.384. The molecule has 0 amide bonds. The van der Waals surface area contributed by atoms with Crippen molar-refractivity contribution in [3.63, 3.8) is 0 Å². The minimum absolute atomic E-state index is 0.0487. The van der Waals surface area contributed by atoms with Gasteiger partial charge in [0.2, 0.25) is 0 Å². The van der Waals surface area contributed by atoms with Gasteiger partial charge in [-0.2, -0.15) is 8.78 Å². The van der Waals surface area contributed by atoms with E-state index in [4.69, 9.17) is 20.5 Å². The van der Waals surface area contributed by atoms with E-state index in [1.54, 1.807) is 31.5 Å². The fourth-order valence-electron chi connectivity index (χ4n) is 2.35. The van der Waals surface area contributed by atoms with E-state index in [1.807, 2.05) is 6.07 Å².